The molecule has 1 rings (SSSR count). The first-order chi connectivity index (χ1) is 10.1. The van der Waals surface area contributed by atoms with Gasteiger partial charge in [-0.25, -0.2) is 0 Å². The maximum absolute atomic E-state index is 11.8. The molecule has 0 aliphatic heterocycles. The number of nitrogens with one attached hydrogen (secondary N) is 1. The first-order valence-corrected chi connectivity index (χ1v) is 7.82. The SMILES string of the molecule is CN(C)CCCCCCCCNC(=O)c1ccccc1O. The largest absolute Gasteiger partial charge is 0.507 e. The Morgan fingerprint density at radius 3 is 2.33 bits per heavy atom. The highest BCUT2D eigenvalue weighted by molar-refractivity contribution is 5.96. The third-order valence-corrected chi connectivity index (χ3v) is 3.47. The van der Waals surface area contributed by atoms with Crippen molar-refractivity contribution in [1.82, 2.24) is 10.2 Å². The first-order valence-electron chi connectivity index (χ1n) is 7.82. The smallest absolute Gasteiger partial charge is 0.255 e. The molecule has 0 radical (unpaired) electrons. The molecular formula is C17H28N2O2. The standard InChI is InChI=1S/C17H28N2O2/c1-19(2)14-10-6-4-3-5-9-13-18-17(21)15-11-7-8-12-16(15)20/h7-8,11-12,20H,3-6,9-10,13-14H2,1-2H3,(H,18,21). The molecule has 0 fully saturated rings. The summed E-state index contributed by atoms with van der Waals surface area (Å²) in [6.07, 6.45) is 7.16. The molecule has 2 N–H and O–H groups in total. The molecule has 1 amide bonds. The molecule has 0 heterocycles. The highest BCUT2D eigenvalue weighted by Gasteiger charge is 2.08. The Balaban J connectivity index is 2.02. The molecule has 21 heavy (non-hydrogen) atoms. The van der Waals surface area contributed by atoms with Gasteiger partial charge in [0.1, 0.15) is 5.75 Å². The van der Waals surface area contributed by atoms with Gasteiger partial charge < -0.3 is 15.3 Å². The molecule has 4 nitrogen and oxygen atoms in total. The third-order valence-electron chi connectivity index (χ3n) is 3.47. The van der Waals surface area contributed by atoms with Gasteiger partial charge in [0.2, 0.25) is 0 Å². The van der Waals surface area contributed by atoms with E-state index in [2.05, 4.69) is 24.3 Å². The van der Waals surface area contributed by atoms with E-state index in [1.165, 1.54) is 31.7 Å². The van der Waals surface area contributed by atoms with Crippen molar-refractivity contribution in [3.8, 4) is 5.75 Å². The maximum atomic E-state index is 11.8. The molecule has 0 saturated heterocycles. The molecular weight excluding hydrogens is 264 g/mol. The second kappa shape index (κ2) is 10.2. The number of aromatic hydroxyl groups is 1. The van der Waals surface area contributed by atoms with Crippen LogP contribution in [0.1, 0.15) is 48.9 Å². The molecule has 0 aliphatic carbocycles. The number of rotatable bonds is 10. The summed E-state index contributed by atoms with van der Waals surface area (Å²) in [5.74, 6) is -0.157. The van der Waals surface area contributed by atoms with E-state index in [1.807, 2.05) is 0 Å². The molecule has 0 unspecified atom stereocenters. The Labute approximate surface area is 128 Å². The minimum atomic E-state index is -0.195. The average molecular weight is 292 g/mol. The third kappa shape index (κ3) is 7.71. The number of phenolic OH excluding ortho intramolecular Hbond substituents is 1. The summed E-state index contributed by atoms with van der Waals surface area (Å²) >= 11 is 0. The van der Waals surface area contributed by atoms with Gasteiger partial charge >= 0.3 is 0 Å². The van der Waals surface area contributed by atoms with Crippen molar-refractivity contribution in [2.24, 2.45) is 0 Å². The molecule has 0 saturated carbocycles. The average Bonchev–Trinajstić information content (AvgIpc) is 2.45. The lowest BCUT2D eigenvalue weighted by atomic mass is 10.1. The van der Waals surface area contributed by atoms with Crippen LogP contribution in [0.25, 0.3) is 0 Å². The number of hydrogen-bond donors (Lipinski definition) is 2. The van der Waals surface area contributed by atoms with Crippen molar-refractivity contribution >= 4 is 5.91 Å². The second-order valence-electron chi connectivity index (χ2n) is 5.70. The highest BCUT2D eigenvalue weighted by Crippen LogP contribution is 2.15. The van der Waals surface area contributed by atoms with Gasteiger partial charge in [-0.05, 0) is 45.6 Å². The zero-order valence-corrected chi connectivity index (χ0v) is 13.3. The van der Waals surface area contributed by atoms with Crippen LogP contribution in [0.5, 0.6) is 5.75 Å². The number of carbonyl (C=O) groups is 1. The number of amides is 1. The van der Waals surface area contributed by atoms with E-state index in [1.54, 1.807) is 18.2 Å². The zero-order chi connectivity index (χ0) is 15.5. The fourth-order valence-electron chi connectivity index (χ4n) is 2.22. The zero-order valence-electron chi connectivity index (χ0n) is 13.3. The van der Waals surface area contributed by atoms with Crippen LogP contribution in [0.2, 0.25) is 0 Å². The fraction of sp³-hybridized carbons (Fsp3) is 0.588. The second-order valence-corrected chi connectivity index (χ2v) is 5.70. The lowest BCUT2D eigenvalue weighted by Crippen LogP contribution is -2.24. The minimum Gasteiger partial charge on any atom is -0.507 e. The molecule has 0 spiro atoms. The van der Waals surface area contributed by atoms with Crippen molar-refractivity contribution in [3.05, 3.63) is 29.8 Å². The van der Waals surface area contributed by atoms with Gasteiger partial charge in [-0.3, -0.25) is 4.79 Å². The Morgan fingerprint density at radius 1 is 1.05 bits per heavy atom. The van der Waals surface area contributed by atoms with Crippen LogP contribution in [0.15, 0.2) is 24.3 Å². The Kier molecular flexibility index (Phi) is 8.51. The van der Waals surface area contributed by atoms with Crippen LogP contribution >= 0.6 is 0 Å². The normalized spacial score (nSPS) is 10.8. The Morgan fingerprint density at radius 2 is 1.67 bits per heavy atom. The van der Waals surface area contributed by atoms with Gasteiger partial charge in [0.15, 0.2) is 0 Å². The van der Waals surface area contributed by atoms with E-state index >= 15 is 0 Å². The number of benzene rings is 1. The molecule has 0 aliphatic rings. The molecule has 0 aromatic heterocycles. The molecule has 1 aromatic rings. The Bertz CT molecular complexity index is 419. The van der Waals surface area contributed by atoms with Crippen molar-refractivity contribution < 1.29 is 9.90 Å². The number of carbonyl (C=O) groups excluding carboxylic acids is 1. The predicted molar refractivity (Wildman–Crippen MR) is 86.7 cm³/mol. The lowest BCUT2D eigenvalue weighted by Gasteiger charge is -2.09. The van der Waals surface area contributed by atoms with Gasteiger partial charge in [0, 0.05) is 6.54 Å². The predicted octanol–water partition coefficient (Wildman–Crippen LogP) is 3.02. The molecule has 4 heteroatoms. The fourth-order valence-corrected chi connectivity index (χ4v) is 2.22. The van der Waals surface area contributed by atoms with Crippen LogP contribution in [0, 0.1) is 0 Å². The summed E-state index contributed by atoms with van der Waals surface area (Å²) in [7, 11) is 4.21. The van der Waals surface area contributed by atoms with Gasteiger partial charge in [-0.15, -0.1) is 0 Å². The van der Waals surface area contributed by atoms with Crippen LogP contribution < -0.4 is 5.32 Å². The monoisotopic (exact) mass is 292 g/mol. The van der Waals surface area contributed by atoms with Crippen molar-refractivity contribution in [2.45, 2.75) is 38.5 Å². The van der Waals surface area contributed by atoms with E-state index in [-0.39, 0.29) is 11.7 Å². The summed E-state index contributed by atoms with van der Waals surface area (Å²) in [4.78, 5) is 14.0. The van der Waals surface area contributed by atoms with E-state index in [4.69, 9.17) is 0 Å². The van der Waals surface area contributed by atoms with Crippen LogP contribution in [0.4, 0.5) is 0 Å². The lowest BCUT2D eigenvalue weighted by molar-refractivity contribution is 0.0950. The number of nitrogens with zero attached hydrogens (tertiary/aromatic N) is 1. The summed E-state index contributed by atoms with van der Waals surface area (Å²) in [6, 6.07) is 6.63. The highest BCUT2D eigenvalue weighted by atomic mass is 16.3. The number of para-hydroxylation sites is 1. The van der Waals surface area contributed by atoms with Crippen molar-refractivity contribution in [1.29, 1.82) is 0 Å². The van der Waals surface area contributed by atoms with E-state index in [0.717, 1.165) is 19.4 Å². The quantitative estimate of drug-likeness (QED) is 0.652. The summed E-state index contributed by atoms with van der Waals surface area (Å²) < 4.78 is 0. The van der Waals surface area contributed by atoms with E-state index in [0.29, 0.717) is 12.1 Å². The van der Waals surface area contributed by atoms with Gasteiger partial charge in [0.05, 0.1) is 5.56 Å². The van der Waals surface area contributed by atoms with Crippen molar-refractivity contribution in [3.63, 3.8) is 0 Å². The molecule has 0 bridgehead atoms. The number of unbranched alkanes of at least 4 members (excludes halogenated alkanes) is 5. The minimum absolute atomic E-state index is 0.0379. The van der Waals surface area contributed by atoms with E-state index in [9.17, 15) is 9.90 Å². The number of hydrogen-bond acceptors (Lipinski definition) is 3. The Hall–Kier alpha value is -1.55. The molecule has 0 atom stereocenters. The summed E-state index contributed by atoms with van der Waals surface area (Å²) in [5, 5.41) is 12.4. The summed E-state index contributed by atoms with van der Waals surface area (Å²) in [5.41, 5.74) is 0.348. The van der Waals surface area contributed by atoms with Gasteiger partial charge in [-0.1, -0.05) is 37.8 Å². The molecule has 1 aromatic carbocycles. The van der Waals surface area contributed by atoms with Gasteiger partial charge in [-0.2, -0.15) is 0 Å². The van der Waals surface area contributed by atoms with Crippen LogP contribution in [0.3, 0.4) is 0 Å². The van der Waals surface area contributed by atoms with Crippen LogP contribution in [-0.4, -0.2) is 43.1 Å². The summed E-state index contributed by atoms with van der Waals surface area (Å²) in [6.45, 7) is 1.83. The van der Waals surface area contributed by atoms with Gasteiger partial charge in [0.25, 0.3) is 5.91 Å². The van der Waals surface area contributed by atoms with E-state index < -0.39 is 0 Å². The topological polar surface area (TPSA) is 52.6 Å². The molecule has 118 valence electrons. The van der Waals surface area contributed by atoms with Crippen LogP contribution in [-0.2, 0) is 0 Å². The first kappa shape index (κ1) is 17.5. The van der Waals surface area contributed by atoms with Crippen molar-refractivity contribution in [2.75, 3.05) is 27.2 Å². The maximum Gasteiger partial charge on any atom is 0.255 e. The number of phenols is 1.